The molecule has 0 spiro atoms. The highest BCUT2D eigenvalue weighted by Gasteiger charge is 2.12. The molecule has 4 heteroatoms. The van der Waals surface area contributed by atoms with Gasteiger partial charge < -0.3 is 10.4 Å². The van der Waals surface area contributed by atoms with Crippen molar-refractivity contribution in [2.24, 2.45) is 0 Å². The first-order valence-electron chi connectivity index (χ1n) is 6.77. The molecule has 2 N–H and O–H groups in total. The van der Waals surface area contributed by atoms with Gasteiger partial charge in [-0.1, -0.05) is 36.4 Å². The standard InChI is InChI=1S/C16H19NO2S/c18-12-15(13-6-2-1-3-7-13)17-16(19)10-4-8-14-9-5-11-20-14/h1-3,5-7,9,11,15,18H,4,8,10,12H2,(H,17,19)/t15-/m0/s1. The molecule has 1 aromatic carbocycles. The van der Waals surface area contributed by atoms with E-state index in [9.17, 15) is 9.90 Å². The summed E-state index contributed by atoms with van der Waals surface area (Å²) in [6.45, 7) is -0.0827. The Morgan fingerprint density at radius 3 is 2.65 bits per heavy atom. The highest BCUT2D eigenvalue weighted by Crippen LogP contribution is 2.14. The second-order valence-electron chi connectivity index (χ2n) is 4.65. The Morgan fingerprint density at radius 2 is 2.00 bits per heavy atom. The quantitative estimate of drug-likeness (QED) is 0.823. The Hall–Kier alpha value is -1.65. The number of hydrogen-bond acceptors (Lipinski definition) is 3. The van der Waals surface area contributed by atoms with Crippen LogP contribution in [-0.4, -0.2) is 17.6 Å². The molecule has 0 saturated heterocycles. The fraction of sp³-hybridized carbons (Fsp3) is 0.312. The molecule has 106 valence electrons. The number of benzene rings is 1. The van der Waals surface area contributed by atoms with E-state index in [4.69, 9.17) is 0 Å². The van der Waals surface area contributed by atoms with E-state index in [1.165, 1.54) is 4.88 Å². The maximum atomic E-state index is 11.9. The van der Waals surface area contributed by atoms with Crippen LogP contribution in [0, 0.1) is 0 Å². The largest absolute Gasteiger partial charge is 0.394 e. The monoisotopic (exact) mass is 289 g/mol. The van der Waals surface area contributed by atoms with Gasteiger partial charge in [0.05, 0.1) is 12.6 Å². The zero-order valence-electron chi connectivity index (χ0n) is 11.3. The van der Waals surface area contributed by atoms with Crippen LogP contribution in [0.5, 0.6) is 0 Å². The molecule has 1 heterocycles. The van der Waals surface area contributed by atoms with Crippen LogP contribution in [0.15, 0.2) is 47.8 Å². The first kappa shape index (κ1) is 14.8. The fourth-order valence-electron chi connectivity index (χ4n) is 2.06. The van der Waals surface area contributed by atoms with Crippen LogP contribution in [0.3, 0.4) is 0 Å². The minimum absolute atomic E-state index is 0.00976. The number of aliphatic hydroxyl groups is 1. The van der Waals surface area contributed by atoms with Crippen molar-refractivity contribution < 1.29 is 9.90 Å². The van der Waals surface area contributed by atoms with Crippen LogP contribution in [0.2, 0.25) is 0 Å². The summed E-state index contributed by atoms with van der Waals surface area (Å²) in [4.78, 5) is 13.2. The molecule has 2 rings (SSSR count). The average molecular weight is 289 g/mol. The number of aliphatic hydroxyl groups excluding tert-OH is 1. The van der Waals surface area contributed by atoms with E-state index in [-0.39, 0.29) is 18.6 Å². The van der Waals surface area contributed by atoms with Crippen LogP contribution < -0.4 is 5.32 Å². The number of thiophene rings is 1. The van der Waals surface area contributed by atoms with Crippen LogP contribution in [0.4, 0.5) is 0 Å². The number of aryl methyl sites for hydroxylation is 1. The van der Waals surface area contributed by atoms with Crippen molar-refractivity contribution in [3.63, 3.8) is 0 Å². The number of nitrogens with one attached hydrogen (secondary N) is 1. The fourth-order valence-corrected chi connectivity index (χ4v) is 2.82. The third-order valence-electron chi connectivity index (χ3n) is 3.13. The first-order chi connectivity index (χ1) is 9.79. The summed E-state index contributed by atoms with van der Waals surface area (Å²) in [5.74, 6) is -0.00976. The van der Waals surface area contributed by atoms with E-state index < -0.39 is 0 Å². The molecule has 0 aliphatic heterocycles. The van der Waals surface area contributed by atoms with E-state index in [1.807, 2.05) is 41.8 Å². The highest BCUT2D eigenvalue weighted by atomic mass is 32.1. The summed E-state index contributed by atoms with van der Waals surface area (Å²) in [7, 11) is 0. The number of carbonyl (C=O) groups excluding carboxylic acids is 1. The van der Waals surface area contributed by atoms with Crippen molar-refractivity contribution in [3.8, 4) is 0 Å². The highest BCUT2D eigenvalue weighted by molar-refractivity contribution is 7.09. The molecule has 0 saturated carbocycles. The number of hydrogen-bond donors (Lipinski definition) is 2. The van der Waals surface area contributed by atoms with Gasteiger partial charge in [0.2, 0.25) is 5.91 Å². The number of rotatable bonds is 7. The van der Waals surface area contributed by atoms with E-state index in [2.05, 4.69) is 11.4 Å². The lowest BCUT2D eigenvalue weighted by Crippen LogP contribution is -2.30. The SMILES string of the molecule is O=C(CCCc1cccs1)N[C@@H](CO)c1ccccc1. The zero-order chi connectivity index (χ0) is 14.2. The van der Waals surface area contributed by atoms with Gasteiger partial charge in [-0.2, -0.15) is 0 Å². The molecular weight excluding hydrogens is 270 g/mol. The van der Waals surface area contributed by atoms with E-state index in [0.717, 1.165) is 18.4 Å². The molecule has 3 nitrogen and oxygen atoms in total. The molecule has 1 amide bonds. The van der Waals surface area contributed by atoms with Gasteiger partial charge in [0.1, 0.15) is 0 Å². The maximum absolute atomic E-state index is 11.9. The average Bonchev–Trinajstić information content (AvgIpc) is 2.99. The molecule has 20 heavy (non-hydrogen) atoms. The third kappa shape index (κ3) is 4.47. The lowest BCUT2D eigenvalue weighted by Gasteiger charge is -2.16. The molecule has 0 bridgehead atoms. The van der Waals surface area contributed by atoms with E-state index >= 15 is 0 Å². The molecule has 0 aliphatic rings. The Morgan fingerprint density at radius 1 is 1.20 bits per heavy atom. The Kier molecular flexibility index (Phi) is 5.77. The van der Waals surface area contributed by atoms with Gasteiger partial charge in [-0.25, -0.2) is 0 Å². The molecule has 0 radical (unpaired) electrons. The lowest BCUT2D eigenvalue weighted by molar-refractivity contribution is -0.122. The minimum atomic E-state index is -0.314. The second-order valence-corrected chi connectivity index (χ2v) is 5.68. The number of amides is 1. The Balaban J connectivity index is 1.78. The van der Waals surface area contributed by atoms with E-state index in [0.29, 0.717) is 6.42 Å². The van der Waals surface area contributed by atoms with Gasteiger partial charge in [-0.05, 0) is 29.9 Å². The predicted octanol–water partition coefficient (Wildman–Crippen LogP) is 2.92. The normalized spacial score (nSPS) is 12.1. The second kappa shape index (κ2) is 7.82. The predicted molar refractivity (Wildman–Crippen MR) is 81.7 cm³/mol. The van der Waals surface area contributed by atoms with Crippen molar-refractivity contribution in [3.05, 3.63) is 58.3 Å². The Labute approximate surface area is 123 Å². The minimum Gasteiger partial charge on any atom is -0.394 e. The van der Waals surface area contributed by atoms with Crippen molar-refractivity contribution >= 4 is 17.2 Å². The van der Waals surface area contributed by atoms with Crippen molar-refractivity contribution in [2.75, 3.05) is 6.61 Å². The zero-order valence-corrected chi connectivity index (χ0v) is 12.1. The summed E-state index contributed by atoms with van der Waals surface area (Å²) >= 11 is 1.72. The van der Waals surface area contributed by atoms with Crippen LogP contribution >= 0.6 is 11.3 Å². The molecule has 0 aliphatic carbocycles. The smallest absolute Gasteiger partial charge is 0.220 e. The van der Waals surface area contributed by atoms with Gasteiger partial charge in [0, 0.05) is 11.3 Å². The molecule has 0 fully saturated rings. The molecule has 0 unspecified atom stereocenters. The van der Waals surface area contributed by atoms with Crippen LogP contribution in [0.1, 0.15) is 29.3 Å². The summed E-state index contributed by atoms with van der Waals surface area (Å²) < 4.78 is 0. The lowest BCUT2D eigenvalue weighted by atomic mass is 10.1. The molecule has 1 aromatic heterocycles. The summed E-state index contributed by atoms with van der Waals surface area (Å²) in [5.41, 5.74) is 0.932. The van der Waals surface area contributed by atoms with Crippen molar-refractivity contribution in [1.82, 2.24) is 5.32 Å². The van der Waals surface area contributed by atoms with Gasteiger partial charge in [-0.3, -0.25) is 4.79 Å². The Bertz CT molecular complexity index is 511. The summed E-state index contributed by atoms with van der Waals surface area (Å²) in [5, 5.41) is 14.3. The van der Waals surface area contributed by atoms with Gasteiger partial charge in [0.15, 0.2) is 0 Å². The van der Waals surface area contributed by atoms with Crippen LogP contribution in [-0.2, 0) is 11.2 Å². The first-order valence-corrected chi connectivity index (χ1v) is 7.65. The number of carbonyl (C=O) groups is 1. The molecular formula is C16H19NO2S. The van der Waals surface area contributed by atoms with Gasteiger partial charge >= 0.3 is 0 Å². The molecule has 1 atom stereocenters. The van der Waals surface area contributed by atoms with E-state index in [1.54, 1.807) is 11.3 Å². The summed E-state index contributed by atoms with van der Waals surface area (Å²) in [6.07, 6.45) is 2.25. The van der Waals surface area contributed by atoms with Crippen molar-refractivity contribution in [1.29, 1.82) is 0 Å². The maximum Gasteiger partial charge on any atom is 0.220 e. The summed E-state index contributed by atoms with van der Waals surface area (Å²) in [6, 6.07) is 13.3. The van der Waals surface area contributed by atoms with Gasteiger partial charge in [0.25, 0.3) is 0 Å². The van der Waals surface area contributed by atoms with Gasteiger partial charge in [-0.15, -0.1) is 11.3 Å². The van der Waals surface area contributed by atoms with Crippen molar-refractivity contribution in [2.45, 2.75) is 25.3 Å². The topological polar surface area (TPSA) is 49.3 Å². The van der Waals surface area contributed by atoms with Crippen LogP contribution in [0.25, 0.3) is 0 Å². The molecule has 2 aromatic rings. The third-order valence-corrected chi connectivity index (χ3v) is 4.06.